The van der Waals surface area contributed by atoms with Crippen LogP contribution in [-0.4, -0.2) is 30.7 Å². The number of amides is 1. The van der Waals surface area contributed by atoms with Gasteiger partial charge in [0.25, 0.3) is 0 Å². The maximum absolute atomic E-state index is 11.8. The Morgan fingerprint density at radius 1 is 1.40 bits per heavy atom. The van der Waals surface area contributed by atoms with E-state index < -0.39 is 6.04 Å². The highest BCUT2D eigenvalue weighted by Gasteiger charge is 2.31. The third-order valence-electron chi connectivity index (χ3n) is 3.04. The van der Waals surface area contributed by atoms with Crippen LogP contribution in [0.3, 0.4) is 0 Å². The summed E-state index contributed by atoms with van der Waals surface area (Å²) in [6.45, 7) is 7.40. The monoisotopic (exact) mass is 214 g/mol. The zero-order valence-electron chi connectivity index (χ0n) is 9.88. The summed E-state index contributed by atoms with van der Waals surface area (Å²) in [6, 6.07) is -0.412. The van der Waals surface area contributed by atoms with Crippen LogP contribution in [0.4, 0.5) is 0 Å². The van der Waals surface area contributed by atoms with E-state index in [9.17, 15) is 4.79 Å². The van der Waals surface area contributed by atoms with Gasteiger partial charge in [0.2, 0.25) is 5.91 Å². The molecule has 0 bridgehead atoms. The SMILES string of the molecule is CC(C)C(N)C(=O)NC1(C)CCOCC1. The predicted molar refractivity (Wildman–Crippen MR) is 59.4 cm³/mol. The number of carbonyl (C=O) groups excluding carboxylic acids is 1. The molecule has 0 saturated carbocycles. The van der Waals surface area contributed by atoms with E-state index >= 15 is 0 Å². The van der Waals surface area contributed by atoms with Gasteiger partial charge in [0, 0.05) is 18.8 Å². The van der Waals surface area contributed by atoms with E-state index in [0.717, 1.165) is 12.8 Å². The smallest absolute Gasteiger partial charge is 0.237 e. The van der Waals surface area contributed by atoms with E-state index in [-0.39, 0.29) is 17.4 Å². The topological polar surface area (TPSA) is 64.4 Å². The first-order valence-corrected chi connectivity index (χ1v) is 5.60. The molecule has 3 N–H and O–H groups in total. The molecular weight excluding hydrogens is 192 g/mol. The standard InChI is InChI=1S/C11H22N2O2/c1-8(2)9(12)10(14)13-11(3)4-6-15-7-5-11/h8-9H,4-7,12H2,1-3H3,(H,13,14). The Balaban J connectivity index is 2.49. The first-order valence-electron chi connectivity index (χ1n) is 5.60. The van der Waals surface area contributed by atoms with Crippen LogP contribution in [0.1, 0.15) is 33.6 Å². The molecule has 0 aromatic rings. The van der Waals surface area contributed by atoms with Crippen molar-refractivity contribution in [1.29, 1.82) is 0 Å². The van der Waals surface area contributed by atoms with E-state index in [2.05, 4.69) is 12.2 Å². The molecule has 0 aliphatic carbocycles. The first kappa shape index (κ1) is 12.5. The summed E-state index contributed by atoms with van der Waals surface area (Å²) < 4.78 is 5.27. The molecule has 0 spiro atoms. The molecule has 88 valence electrons. The molecule has 1 aliphatic heterocycles. The third-order valence-corrected chi connectivity index (χ3v) is 3.04. The van der Waals surface area contributed by atoms with Gasteiger partial charge in [0.15, 0.2) is 0 Å². The van der Waals surface area contributed by atoms with E-state index in [1.807, 2.05) is 13.8 Å². The highest BCUT2D eigenvalue weighted by atomic mass is 16.5. The van der Waals surface area contributed by atoms with Crippen molar-refractivity contribution in [3.63, 3.8) is 0 Å². The molecule has 1 fully saturated rings. The Kier molecular flexibility index (Phi) is 4.11. The molecule has 1 rings (SSSR count). The maximum atomic E-state index is 11.8. The molecule has 1 aliphatic rings. The molecule has 1 amide bonds. The summed E-state index contributed by atoms with van der Waals surface area (Å²) >= 11 is 0. The van der Waals surface area contributed by atoms with E-state index in [1.165, 1.54) is 0 Å². The molecule has 1 atom stereocenters. The lowest BCUT2D eigenvalue weighted by molar-refractivity contribution is -0.126. The fourth-order valence-electron chi connectivity index (χ4n) is 1.63. The predicted octanol–water partition coefficient (Wildman–Crippen LogP) is 0.655. The normalized spacial score (nSPS) is 22.5. The van der Waals surface area contributed by atoms with Gasteiger partial charge in [0.1, 0.15) is 0 Å². The van der Waals surface area contributed by atoms with Crippen molar-refractivity contribution in [2.75, 3.05) is 13.2 Å². The van der Waals surface area contributed by atoms with Crippen molar-refractivity contribution < 1.29 is 9.53 Å². The second kappa shape index (κ2) is 4.94. The first-order chi connectivity index (χ1) is 6.94. The van der Waals surface area contributed by atoms with Crippen molar-refractivity contribution in [1.82, 2.24) is 5.32 Å². The molecule has 15 heavy (non-hydrogen) atoms. The third kappa shape index (κ3) is 3.47. The van der Waals surface area contributed by atoms with Gasteiger partial charge >= 0.3 is 0 Å². The molecule has 1 saturated heterocycles. The summed E-state index contributed by atoms with van der Waals surface area (Å²) in [6.07, 6.45) is 1.73. The Hall–Kier alpha value is -0.610. The number of carbonyl (C=O) groups is 1. The zero-order chi connectivity index (χ0) is 11.5. The number of rotatable bonds is 3. The van der Waals surface area contributed by atoms with E-state index in [0.29, 0.717) is 13.2 Å². The minimum atomic E-state index is -0.412. The summed E-state index contributed by atoms with van der Waals surface area (Å²) in [5, 5.41) is 3.03. The fraction of sp³-hybridized carbons (Fsp3) is 0.909. The fourth-order valence-corrected chi connectivity index (χ4v) is 1.63. The molecule has 0 aromatic carbocycles. The molecule has 0 aromatic heterocycles. The van der Waals surface area contributed by atoms with Crippen molar-refractivity contribution in [3.05, 3.63) is 0 Å². The lowest BCUT2D eigenvalue weighted by Gasteiger charge is -2.35. The summed E-state index contributed by atoms with van der Waals surface area (Å²) in [5.74, 6) is 0.128. The minimum absolute atomic E-state index is 0.0469. The van der Waals surface area contributed by atoms with Crippen molar-refractivity contribution >= 4 is 5.91 Å². The van der Waals surface area contributed by atoms with Crippen molar-refractivity contribution in [3.8, 4) is 0 Å². The minimum Gasteiger partial charge on any atom is -0.381 e. The number of hydrogen-bond acceptors (Lipinski definition) is 3. The van der Waals surface area contributed by atoms with Crippen molar-refractivity contribution in [2.45, 2.75) is 45.2 Å². The number of hydrogen-bond donors (Lipinski definition) is 2. The Morgan fingerprint density at radius 3 is 2.40 bits per heavy atom. The Labute approximate surface area is 91.5 Å². The number of nitrogens with two attached hydrogens (primary N) is 1. The molecule has 0 radical (unpaired) electrons. The van der Waals surface area contributed by atoms with Crippen molar-refractivity contribution in [2.24, 2.45) is 11.7 Å². The second-order valence-corrected chi connectivity index (χ2v) is 4.93. The van der Waals surface area contributed by atoms with Gasteiger partial charge in [-0.05, 0) is 25.7 Å². The highest BCUT2D eigenvalue weighted by Crippen LogP contribution is 2.19. The average Bonchev–Trinajstić information content (AvgIpc) is 2.16. The summed E-state index contributed by atoms with van der Waals surface area (Å²) in [5.41, 5.74) is 5.66. The highest BCUT2D eigenvalue weighted by molar-refractivity contribution is 5.82. The quantitative estimate of drug-likeness (QED) is 0.725. The maximum Gasteiger partial charge on any atom is 0.237 e. The van der Waals surface area contributed by atoms with E-state index in [4.69, 9.17) is 10.5 Å². The molecule has 1 unspecified atom stereocenters. The van der Waals surface area contributed by atoms with E-state index in [1.54, 1.807) is 0 Å². The zero-order valence-corrected chi connectivity index (χ0v) is 9.88. The van der Waals surface area contributed by atoms with Gasteiger partial charge in [-0.2, -0.15) is 0 Å². The average molecular weight is 214 g/mol. The van der Waals surface area contributed by atoms with Crippen LogP contribution in [0.25, 0.3) is 0 Å². The van der Waals surface area contributed by atoms with Gasteiger partial charge in [-0.15, -0.1) is 0 Å². The van der Waals surface area contributed by atoms with Crippen LogP contribution >= 0.6 is 0 Å². The lowest BCUT2D eigenvalue weighted by atomic mass is 9.91. The van der Waals surface area contributed by atoms with Gasteiger partial charge in [0.05, 0.1) is 6.04 Å². The molecule has 4 heteroatoms. The second-order valence-electron chi connectivity index (χ2n) is 4.93. The van der Waals surface area contributed by atoms with Crippen LogP contribution in [0.2, 0.25) is 0 Å². The molecule has 1 heterocycles. The van der Waals surface area contributed by atoms with Gasteiger partial charge in [-0.1, -0.05) is 13.8 Å². The lowest BCUT2D eigenvalue weighted by Crippen LogP contribution is -2.55. The Bertz CT molecular complexity index is 223. The summed E-state index contributed by atoms with van der Waals surface area (Å²) in [4.78, 5) is 11.8. The molecular formula is C11H22N2O2. The largest absolute Gasteiger partial charge is 0.381 e. The van der Waals surface area contributed by atoms with Gasteiger partial charge in [-0.3, -0.25) is 4.79 Å². The van der Waals surface area contributed by atoms with Crippen LogP contribution in [0, 0.1) is 5.92 Å². The van der Waals surface area contributed by atoms with Crippen LogP contribution in [0.5, 0.6) is 0 Å². The van der Waals surface area contributed by atoms with Crippen LogP contribution in [0.15, 0.2) is 0 Å². The van der Waals surface area contributed by atoms with Gasteiger partial charge < -0.3 is 15.8 Å². The summed E-state index contributed by atoms with van der Waals surface area (Å²) in [7, 11) is 0. The van der Waals surface area contributed by atoms with Crippen LogP contribution < -0.4 is 11.1 Å². The Morgan fingerprint density at radius 2 is 1.93 bits per heavy atom. The van der Waals surface area contributed by atoms with Crippen LogP contribution in [-0.2, 0) is 9.53 Å². The number of ether oxygens (including phenoxy) is 1. The number of nitrogens with one attached hydrogen (secondary N) is 1. The van der Waals surface area contributed by atoms with Gasteiger partial charge in [-0.25, -0.2) is 0 Å². The molecule has 4 nitrogen and oxygen atoms in total.